The number of aryl methyl sites for hydroxylation is 1. The summed E-state index contributed by atoms with van der Waals surface area (Å²) in [6, 6.07) is 0.0921. The minimum absolute atomic E-state index is 0.0547. The van der Waals surface area contributed by atoms with Crippen LogP contribution in [0.5, 0.6) is 0 Å². The Bertz CT molecular complexity index is 1190. The second-order valence-corrected chi connectivity index (χ2v) is 13.0. The smallest absolute Gasteiger partial charge is 0.263 e. The number of hydrogen-bond acceptors (Lipinski definition) is 6. The average Bonchev–Trinajstić information content (AvgIpc) is 3.11. The van der Waals surface area contributed by atoms with E-state index in [4.69, 9.17) is 0 Å². The van der Waals surface area contributed by atoms with Crippen LogP contribution in [-0.4, -0.2) is 47.3 Å². The molecule has 2 aliphatic rings. The average molecular weight is 495 g/mol. The largest absolute Gasteiger partial charge is 0.352 e. The number of thiophene rings is 1. The van der Waals surface area contributed by atoms with Crippen LogP contribution in [0.3, 0.4) is 0 Å². The molecule has 182 valence electrons. The van der Waals surface area contributed by atoms with Crippen LogP contribution in [0.4, 0.5) is 0 Å². The van der Waals surface area contributed by atoms with Gasteiger partial charge in [-0.1, -0.05) is 33.6 Å². The molecule has 2 fully saturated rings. The van der Waals surface area contributed by atoms with Crippen molar-refractivity contribution in [1.29, 1.82) is 0 Å². The first-order valence-electron chi connectivity index (χ1n) is 11.9. The minimum atomic E-state index is -3.81. The van der Waals surface area contributed by atoms with Crippen LogP contribution in [0.15, 0.2) is 16.0 Å². The van der Waals surface area contributed by atoms with Crippen LogP contribution in [0.1, 0.15) is 57.8 Å². The van der Waals surface area contributed by atoms with Crippen molar-refractivity contribution < 1.29 is 13.2 Å². The van der Waals surface area contributed by atoms with Crippen molar-refractivity contribution in [3.8, 4) is 0 Å². The monoisotopic (exact) mass is 494 g/mol. The highest BCUT2D eigenvalue weighted by molar-refractivity contribution is 7.89. The fourth-order valence-corrected chi connectivity index (χ4v) is 8.22. The second-order valence-electron chi connectivity index (χ2n) is 9.87. The number of piperidine rings is 1. The normalized spacial score (nSPS) is 25.4. The van der Waals surface area contributed by atoms with Gasteiger partial charge in [0.25, 0.3) is 5.56 Å². The lowest BCUT2D eigenvalue weighted by Crippen LogP contribution is -2.45. The Kier molecular flexibility index (Phi) is 6.98. The summed E-state index contributed by atoms with van der Waals surface area (Å²) >= 11 is 1.21. The van der Waals surface area contributed by atoms with Gasteiger partial charge in [0, 0.05) is 24.0 Å². The van der Waals surface area contributed by atoms with Crippen molar-refractivity contribution in [2.45, 2.75) is 77.3 Å². The molecule has 1 amide bonds. The topological polar surface area (TPSA) is 101 Å². The number of amides is 1. The lowest BCUT2D eigenvalue weighted by molar-refractivity contribution is -0.123. The lowest BCUT2D eigenvalue weighted by atomic mass is 9.78. The van der Waals surface area contributed by atoms with E-state index in [0.29, 0.717) is 40.6 Å². The number of nitrogens with one attached hydrogen (secondary N) is 1. The van der Waals surface area contributed by atoms with Gasteiger partial charge < -0.3 is 5.32 Å². The predicted octanol–water partition coefficient (Wildman–Crippen LogP) is 3.13. The zero-order valence-electron chi connectivity index (χ0n) is 19.8. The van der Waals surface area contributed by atoms with E-state index in [1.54, 1.807) is 6.92 Å². The minimum Gasteiger partial charge on any atom is -0.352 e. The first-order chi connectivity index (χ1) is 15.6. The number of hydrogen-bond donors (Lipinski definition) is 1. The second kappa shape index (κ2) is 9.46. The molecule has 3 atom stereocenters. The molecule has 2 aromatic rings. The van der Waals surface area contributed by atoms with E-state index in [0.717, 1.165) is 32.1 Å². The zero-order valence-corrected chi connectivity index (χ0v) is 21.5. The number of aromatic nitrogens is 2. The zero-order chi connectivity index (χ0) is 23.9. The van der Waals surface area contributed by atoms with Gasteiger partial charge in [0.2, 0.25) is 15.9 Å². The van der Waals surface area contributed by atoms with Gasteiger partial charge in [-0.2, -0.15) is 4.31 Å². The molecule has 2 aromatic heterocycles. The van der Waals surface area contributed by atoms with Crippen molar-refractivity contribution >= 4 is 37.5 Å². The molecule has 10 heteroatoms. The fraction of sp³-hybridized carbons (Fsp3) is 0.696. The Morgan fingerprint density at radius 2 is 1.88 bits per heavy atom. The maximum absolute atomic E-state index is 13.5. The summed E-state index contributed by atoms with van der Waals surface area (Å²) in [4.78, 5) is 31.5. The molecule has 3 heterocycles. The Hall–Kier alpha value is -1.78. The number of carbonyl (C=O) groups is 1. The lowest BCUT2D eigenvalue weighted by Gasteiger charge is -2.34. The van der Waals surface area contributed by atoms with Crippen molar-refractivity contribution in [3.63, 3.8) is 0 Å². The van der Waals surface area contributed by atoms with E-state index in [2.05, 4.69) is 31.1 Å². The van der Waals surface area contributed by atoms with Crippen LogP contribution in [0.2, 0.25) is 0 Å². The number of carbonyl (C=O) groups excluding carboxylic acids is 1. The van der Waals surface area contributed by atoms with Crippen molar-refractivity contribution in [2.24, 2.45) is 17.8 Å². The Balaban J connectivity index is 1.62. The Labute approximate surface area is 199 Å². The number of sulfonamides is 1. The van der Waals surface area contributed by atoms with Crippen LogP contribution < -0.4 is 10.9 Å². The van der Waals surface area contributed by atoms with Gasteiger partial charge in [0.05, 0.1) is 11.7 Å². The third kappa shape index (κ3) is 4.74. The number of fused-ring (bicyclic) bond motifs is 1. The van der Waals surface area contributed by atoms with Gasteiger partial charge in [-0.15, -0.1) is 11.3 Å². The fourth-order valence-electron chi connectivity index (χ4n) is 5.08. The summed E-state index contributed by atoms with van der Waals surface area (Å²) in [7, 11) is -3.81. The molecule has 1 saturated heterocycles. The van der Waals surface area contributed by atoms with Crippen LogP contribution in [-0.2, 0) is 21.4 Å². The summed E-state index contributed by atoms with van der Waals surface area (Å²) in [5, 5.41) is 3.18. The highest BCUT2D eigenvalue weighted by Crippen LogP contribution is 2.34. The summed E-state index contributed by atoms with van der Waals surface area (Å²) in [5.41, 5.74) is -0.478. The van der Waals surface area contributed by atoms with Gasteiger partial charge in [0.15, 0.2) is 0 Å². The van der Waals surface area contributed by atoms with Crippen LogP contribution >= 0.6 is 11.3 Å². The molecule has 0 radical (unpaired) electrons. The van der Waals surface area contributed by atoms with E-state index < -0.39 is 15.6 Å². The summed E-state index contributed by atoms with van der Waals surface area (Å²) in [6.07, 6.45) is 6.14. The first-order valence-corrected chi connectivity index (χ1v) is 14.1. The quantitative estimate of drug-likeness (QED) is 0.688. The standard InChI is InChI=1S/C23H34N4O4S2/c1-14-8-10-27(11-9-14)33(30,31)21-17(4)32-22-20(21)23(29)26(13-24-22)12-19(28)25-18-7-5-6-15(2)16(18)3/h13-16,18H,5-12H2,1-4H3,(H,25,28). The molecule has 1 aliphatic heterocycles. The van der Waals surface area contributed by atoms with E-state index in [9.17, 15) is 18.0 Å². The van der Waals surface area contributed by atoms with Crippen molar-refractivity contribution in [2.75, 3.05) is 13.1 Å². The van der Waals surface area contributed by atoms with Crippen LogP contribution in [0, 0.1) is 24.7 Å². The molecule has 3 unspecified atom stereocenters. The van der Waals surface area contributed by atoms with Gasteiger partial charge in [-0.25, -0.2) is 13.4 Å². The summed E-state index contributed by atoms with van der Waals surface area (Å²) in [5.74, 6) is 1.17. The molecule has 1 aliphatic carbocycles. The molecular formula is C23H34N4O4S2. The molecule has 0 aromatic carbocycles. The maximum Gasteiger partial charge on any atom is 0.263 e. The molecular weight excluding hydrogens is 460 g/mol. The molecule has 4 rings (SSSR count). The first kappa shape index (κ1) is 24.3. The highest BCUT2D eigenvalue weighted by Gasteiger charge is 2.34. The maximum atomic E-state index is 13.5. The van der Waals surface area contributed by atoms with Crippen molar-refractivity contribution in [1.82, 2.24) is 19.2 Å². The van der Waals surface area contributed by atoms with Gasteiger partial charge in [-0.3, -0.25) is 14.2 Å². The molecule has 0 bridgehead atoms. The number of nitrogens with zero attached hydrogens (tertiary/aromatic N) is 3. The van der Waals surface area contributed by atoms with E-state index in [-0.39, 0.29) is 28.8 Å². The summed E-state index contributed by atoms with van der Waals surface area (Å²) in [6.45, 7) is 8.93. The molecule has 1 N–H and O–H groups in total. The molecule has 33 heavy (non-hydrogen) atoms. The molecule has 0 spiro atoms. The van der Waals surface area contributed by atoms with Gasteiger partial charge in [-0.05, 0) is 43.9 Å². The SMILES string of the molecule is Cc1sc2ncn(CC(=O)NC3CCCC(C)C3C)c(=O)c2c1S(=O)(=O)N1CCC(C)CC1. The molecule has 8 nitrogen and oxygen atoms in total. The molecule has 1 saturated carbocycles. The Morgan fingerprint density at radius 3 is 2.58 bits per heavy atom. The van der Waals surface area contributed by atoms with Gasteiger partial charge >= 0.3 is 0 Å². The highest BCUT2D eigenvalue weighted by atomic mass is 32.2. The van der Waals surface area contributed by atoms with E-state index in [1.807, 2.05) is 0 Å². The van der Waals surface area contributed by atoms with Crippen LogP contribution in [0.25, 0.3) is 10.2 Å². The van der Waals surface area contributed by atoms with Crippen molar-refractivity contribution in [3.05, 3.63) is 21.6 Å². The summed E-state index contributed by atoms with van der Waals surface area (Å²) < 4.78 is 29.7. The number of rotatable bonds is 5. The predicted molar refractivity (Wildman–Crippen MR) is 130 cm³/mol. The van der Waals surface area contributed by atoms with E-state index >= 15 is 0 Å². The third-order valence-electron chi connectivity index (χ3n) is 7.51. The Morgan fingerprint density at radius 1 is 1.18 bits per heavy atom. The van der Waals surface area contributed by atoms with E-state index in [1.165, 1.54) is 26.5 Å². The van der Waals surface area contributed by atoms with Gasteiger partial charge in [0.1, 0.15) is 16.3 Å². The third-order valence-corrected chi connectivity index (χ3v) is 10.7.